The number of carbonyl (C=O) groups is 1. The van der Waals surface area contributed by atoms with Gasteiger partial charge in [0.05, 0.1) is 13.2 Å². The maximum atomic E-state index is 11.7. The summed E-state index contributed by atoms with van der Waals surface area (Å²) in [6, 6.07) is 17.3. The van der Waals surface area contributed by atoms with Crippen LogP contribution in [0.5, 0.6) is 0 Å². The van der Waals surface area contributed by atoms with E-state index >= 15 is 0 Å². The van der Waals surface area contributed by atoms with Crippen LogP contribution < -0.4 is 5.32 Å². The highest BCUT2D eigenvalue weighted by molar-refractivity contribution is 5.67. The summed E-state index contributed by atoms with van der Waals surface area (Å²) in [5, 5.41) is 2.70. The van der Waals surface area contributed by atoms with Gasteiger partial charge in [-0.25, -0.2) is 4.79 Å². The van der Waals surface area contributed by atoms with Crippen molar-refractivity contribution in [3.05, 3.63) is 71.3 Å². The first-order valence-electron chi connectivity index (χ1n) is 8.58. The van der Waals surface area contributed by atoms with Gasteiger partial charge in [0.25, 0.3) is 0 Å². The SMILES string of the molecule is O=C(NCCC#Cc1ccccc1C1OCCO1)OCc1ccccc1. The monoisotopic (exact) mass is 351 g/mol. The molecule has 1 N–H and O–H groups in total. The zero-order valence-electron chi connectivity index (χ0n) is 14.4. The lowest BCUT2D eigenvalue weighted by Gasteiger charge is -2.10. The van der Waals surface area contributed by atoms with Crippen LogP contribution in [0.15, 0.2) is 54.6 Å². The first-order chi connectivity index (χ1) is 12.8. The number of benzene rings is 2. The van der Waals surface area contributed by atoms with Gasteiger partial charge in [-0.3, -0.25) is 0 Å². The highest BCUT2D eigenvalue weighted by Gasteiger charge is 2.20. The molecule has 0 aromatic heterocycles. The number of rotatable bonds is 5. The van der Waals surface area contributed by atoms with Crippen molar-refractivity contribution in [1.82, 2.24) is 5.32 Å². The van der Waals surface area contributed by atoms with E-state index in [-0.39, 0.29) is 12.9 Å². The van der Waals surface area contributed by atoms with E-state index in [0.29, 0.717) is 26.2 Å². The smallest absolute Gasteiger partial charge is 0.407 e. The van der Waals surface area contributed by atoms with Gasteiger partial charge in [-0.05, 0) is 11.6 Å². The van der Waals surface area contributed by atoms with Crippen molar-refractivity contribution in [3.63, 3.8) is 0 Å². The third-order valence-electron chi connectivity index (χ3n) is 3.79. The van der Waals surface area contributed by atoms with Crippen molar-refractivity contribution in [2.45, 2.75) is 19.3 Å². The minimum absolute atomic E-state index is 0.257. The van der Waals surface area contributed by atoms with Gasteiger partial charge in [0.2, 0.25) is 0 Å². The lowest BCUT2D eigenvalue weighted by molar-refractivity contribution is -0.0442. The van der Waals surface area contributed by atoms with Crippen molar-refractivity contribution >= 4 is 6.09 Å². The van der Waals surface area contributed by atoms with Crippen LogP contribution in [-0.2, 0) is 20.8 Å². The Morgan fingerprint density at radius 1 is 1.08 bits per heavy atom. The molecule has 3 rings (SSSR count). The van der Waals surface area contributed by atoms with Gasteiger partial charge in [-0.2, -0.15) is 0 Å². The fourth-order valence-corrected chi connectivity index (χ4v) is 2.51. The molecule has 1 aliphatic heterocycles. The van der Waals surface area contributed by atoms with Crippen LogP contribution in [0.25, 0.3) is 0 Å². The number of ether oxygens (including phenoxy) is 3. The number of carbonyl (C=O) groups excluding carboxylic acids is 1. The minimum Gasteiger partial charge on any atom is -0.445 e. The average Bonchev–Trinajstić information content (AvgIpc) is 3.22. The summed E-state index contributed by atoms with van der Waals surface area (Å²) in [5.74, 6) is 6.18. The van der Waals surface area contributed by atoms with Gasteiger partial charge >= 0.3 is 6.09 Å². The van der Waals surface area contributed by atoms with Crippen molar-refractivity contribution < 1.29 is 19.0 Å². The van der Waals surface area contributed by atoms with E-state index < -0.39 is 6.09 Å². The molecule has 26 heavy (non-hydrogen) atoms. The first kappa shape index (κ1) is 18.0. The Bertz CT molecular complexity index is 773. The number of hydrogen-bond donors (Lipinski definition) is 1. The summed E-state index contributed by atoms with van der Waals surface area (Å²) in [5.41, 5.74) is 2.77. The van der Waals surface area contributed by atoms with E-state index in [1.54, 1.807) is 0 Å². The van der Waals surface area contributed by atoms with Gasteiger partial charge in [0.1, 0.15) is 6.61 Å². The zero-order chi connectivity index (χ0) is 18.0. The Balaban J connectivity index is 1.42. The maximum Gasteiger partial charge on any atom is 0.407 e. The summed E-state index contributed by atoms with van der Waals surface area (Å²) in [6.45, 7) is 1.88. The van der Waals surface area contributed by atoms with Crippen LogP contribution >= 0.6 is 0 Å². The Kier molecular flexibility index (Phi) is 6.66. The van der Waals surface area contributed by atoms with E-state index in [4.69, 9.17) is 14.2 Å². The Morgan fingerprint density at radius 3 is 2.62 bits per heavy atom. The summed E-state index contributed by atoms with van der Waals surface area (Å²) in [4.78, 5) is 11.7. The lowest BCUT2D eigenvalue weighted by Crippen LogP contribution is -2.24. The molecule has 1 aliphatic rings. The van der Waals surface area contributed by atoms with Crippen LogP contribution in [0.2, 0.25) is 0 Å². The lowest BCUT2D eigenvalue weighted by atomic mass is 10.1. The standard InChI is InChI=1S/C21H21NO4/c23-21(26-16-17-8-2-1-3-9-17)22-13-7-6-11-18-10-4-5-12-19(18)20-24-14-15-25-20/h1-5,8-10,12,20H,7,13-16H2,(H,22,23). The highest BCUT2D eigenvalue weighted by Crippen LogP contribution is 2.25. The van der Waals surface area contributed by atoms with Crippen molar-refractivity contribution in [2.75, 3.05) is 19.8 Å². The van der Waals surface area contributed by atoms with Gasteiger partial charge < -0.3 is 19.5 Å². The van der Waals surface area contributed by atoms with Crippen LogP contribution in [0, 0.1) is 11.8 Å². The summed E-state index contributed by atoms with van der Waals surface area (Å²) >= 11 is 0. The largest absolute Gasteiger partial charge is 0.445 e. The van der Waals surface area contributed by atoms with Gasteiger partial charge in [0, 0.05) is 24.1 Å². The van der Waals surface area contributed by atoms with Crippen LogP contribution in [0.4, 0.5) is 4.79 Å². The number of hydrogen-bond acceptors (Lipinski definition) is 4. The molecule has 0 saturated carbocycles. The molecule has 0 bridgehead atoms. The van der Waals surface area contributed by atoms with Gasteiger partial charge in [-0.1, -0.05) is 60.4 Å². The minimum atomic E-state index is -0.441. The van der Waals surface area contributed by atoms with Crippen molar-refractivity contribution in [3.8, 4) is 11.8 Å². The summed E-state index contributed by atoms with van der Waals surface area (Å²) in [6.07, 6.45) is -0.253. The van der Waals surface area contributed by atoms with E-state index in [9.17, 15) is 4.79 Å². The van der Waals surface area contributed by atoms with Crippen LogP contribution in [0.3, 0.4) is 0 Å². The quantitative estimate of drug-likeness (QED) is 0.663. The Labute approximate surface area is 153 Å². The molecule has 0 radical (unpaired) electrons. The molecule has 5 heteroatoms. The molecule has 1 fully saturated rings. The number of alkyl carbamates (subject to hydrolysis) is 1. The second-order valence-electron chi connectivity index (χ2n) is 5.70. The number of nitrogens with one attached hydrogen (secondary N) is 1. The van der Waals surface area contributed by atoms with E-state index in [1.807, 2.05) is 54.6 Å². The van der Waals surface area contributed by atoms with E-state index in [0.717, 1.165) is 16.7 Å². The summed E-state index contributed by atoms with van der Waals surface area (Å²) in [7, 11) is 0. The van der Waals surface area contributed by atoms with E-state index in [2.05, 4.69) is 17.2 Å². The molecule has 134 valence electrons. The molecule has 0 atom stereocenters. The third-order valence-corrected chi connectivity index (χ3v) is 3.79. The average molecular weight is 351 g/mol. The molecule has 0 aliphatic carbocycles. The molecule has 0 spiro atoms. The molecule has 2 aromatic carbocycles. The Hall–Kier alpha value is -2.81. The topological polar surface area (TPSA) is 56.8 Å². The van der Waals surface area contributed by atoms with Gasteiger partial charge in [-0.15, -0.1) is 0 Å². The normalized spacial score (nSPS) is 13.7. The second-order valence-corrected chi connectivity index (χ2v) is 5.70. The van der Waals surface area contributed by atoms with E-state index in [1.165, 1.54) is 0 Å². The maximum absolute atomic E-state index is 11.7. The molecule has 2 aromatic rings. The van der Waals surface area contributed by atoms with Crippen LogP contribution in [0.1, 0.15) is 29.4 Å². The fourth-order valence-electron chi connectivity index (χ4n) is 2.51. The molecule has 1 saturated heterocycles. The highest BCUT2D eigenvalue weighted by atomic mass is 16.7. The molecule has 0 unspecified atom stereocenters. The molecular weight excluding hydrogens is 330 g/mol. The predicted molar refractivity (Wildman–Crippen MR) is 97.2 cm³/mol. The molecular formula is C21H21NO4. The van der Waals surface area contributed by atoms with Crippen molar-refractivity contribution in [1.29, 1.82) is 0 Å². The molecule has 1 amide bonds. The molecule has 5 nitrogen and oxygen atoms in total. The van der Waals surface area contributed by atoms with Crippen LogP contribution in [-0.4, -0.2) is 25.9 Å². The second kappa shape index (κ2) is 9.62. The fraction of sp³-hybridized carbons (Fsp3) is 0.286. The predicted octanol–water partition coefficient (Wildman–Crippen LogP) is 3.40. The third kappa shape index (κ3) is 5.35. The summed E-state index contributed by atoms with van der Waals surface area (Å²) < 4.78 is 16.2. The van der Waals surface area contributed by atoms with Crippen molar-refractivity contribution in [2.24, 2.45) is 0 Å². The zero-order valence-corrected chi connectivity index (χ0v) is 14.4. The first-order valence-corrected chi connectivity index (χ1v) is 8.58. The number of amides is 1. The Morgan fingerprint density at radius 2 is 1.81 bits per heavy atom. The molecule has 1 heterocycles. The van der Waals surface area contributed by atoms with Gasteiger partial charge in [0.15, 0.2) is 6.29 Å².